The van der Waals surface area contributed by atoms with Gasteiger partial charge in [-0.3, -0.25) is 9.59 Å². The van der Waals surface area contributed by atoms with Crippen molar-refractivity contribution in [2.45, 2.75) is 6.42 Å². The summed E-state index contributed by atoms with van der Waals surface area (Å²) in [6.45, 7) is 0. The molecular formula is C16H15FN2O3. The minimum Gasteiger partial charge on any atom is -0.497 e. The number of rotatable bonds is 5. The second-order valence-corrected chi connectivity index (χ2v) is 4.51. The van der Waals surface area contributed by atoms with Crippen molar-refractivity contribution in [3.05, 3.63) is 54.3 Å². The Morgan fingerprint density at radius 1 is 1.00 bits per heavy atom. The molecule has 2 aromatic rings. The predicted octanol–water partition coefficient (Wildman–Crippen LogP) is 2.80. The van der Waals surface area contributed by atoms with E-state index in [0.29, 0.717) is 17.1 Å². The lowest BCUT2D eigenvalue weighted by atomic mass is 10.2. The van der Waals surface area contributed by atoms with Crippen molar-refractivity contribution < 1.29 is 18.7 Å². The quantitative estimate of drug-likeness (QED) is 0.835. The van der Waals surface area contributed by atoms with Crippen LogP contribution in [0.5, 0.6) is 5.75 Å². The number of ether oxygens (including phenoxy) is 1. The summed E-state index contributed by atoms with van der Waals surface area (Å²) in [7, 11) is 1.55. The molecule has 0 aromatic heterocycles. The lowest BCUT2D eigenvalue weighted by molar-refractivity contribution is -0.123. The highest BCUT2D eigenvalue weighted by Crippen LogP contribution is 2.15. The molecule has 0 saturated heterocycles. The average Bonchev–Trinajstić information content (AvgIpc) is 2.47. The number of carbonyl (C=O) groups excluding carboxylic acids is 2. The van der Waals surface area contributed by atoms with Crippen LogP contribution in [0.4, 0.5) is 15.8 Å². The molecule has 0 aliphatic carbocycles. The summed E-state index contributed by atoms with van der Waals surface area (Å²) < 4.78 is 18.0. The highest BCUT2D eigenvalue weighted by atomic mass is 19.1. The summed E-state index contributed by atoms with van der Waals surface area (Å²) in [6.07, 6.45) is -0.359. The van der Waals surface area contributed by atoms with E-state index in [2.05, 4.69) is 10.6 Å². The summed E-state index contributed by atoms with van der Waals surface area (Å²) >= 11 is 0. The number of hydrogen-bond donors (Lipinski definition) is 2. The number of carbonyl (C=O) groups is 2. The number of methoxy groups -OCH3 is 1. The zero-order valence-corrected chi connectivity index (χ0v) is 11.9. The Morgan fingerprint density at radius 3 is 2.23 bits per heavy atom. The Bertz CT molecular complexity index is 671. The lowest BCUT2D eigenvalue weighted by Gasteiger charge is -2.07. The van der Waals surface area contributed by atoms with Gasteiger partial charge in [0.1, 0.15) is 18.0 Å². The third-order valence-corrected chi connectivity index (χ3v) is 2.80. The van der Waals surface area contributed by atoms with Crippen molar-refractivity contribution in [2.24, 2.45) is 0 Å². The zero-order valence-electron chi connectivity index (χ0n) is 11.9. The molecule has 0 spiro atoms. The van der Waals surface area contributed by atoms with Gasteiger partial charge in [0.2, 0.25) is 11.8 Å². The van der Waals surface area contributed by atoms with Crippen molar-refractivity contribution >= 4 is 23.2 Å². The van der Waals surface area contributed by atoms with Crippen LogP contribution in [0, 0.1) is 5.82 Å². The van der Waals surface area contributed by atoms with Crippen LogP contribution >= 0.6 is 0 Å². The Labute approximate surface area is 127 Å². The monoisotopic (exact) mass is 302 g/mol. The van der Waals surface area contributed by atoms with Crippen molar-refractivity contribution in [1.82, 2.24) is 0 Å². The fourth-order valence-electron chi connectivity index (χ4n) is 1.80. The highest BCUT2D eigenvalue weighted by molar-refractivity contribution is 6.08. The first-order chi connectivity index (χ1) is 10.6. The number of halogens is 1. The third kappa shape index (κ3) is 4.59. The Morgan fingerprint density at radius 2 is 1.64 bits per heavy atom. The Kier molecular flexibility index (Phi) is 5.08. The van der Waals surface area contributed by atoms with E-state index >= 15 is 0 Å². The van der Waals surface area contributed by atoms with Gasteiger partial charge in [-0.05, 0) is 42.5 Å². The molecule has 0 unspecified atom stereocenters. The fraction of sp³-hybridized carbons (Fsp3) is 0.125. The van der Waals surface area contributed by atoms with Crippen molar-refractivity contribution in [1.29, 1.82) is 0 Å². The van der Waals surface area contributed by atoms with Crippen LogP contribution < -0.4 is 15.4 Å². The Hall–Kier alpha value is -2.89. The van der Waals surface area contributed by atoms with Gasteiger partial charge in [-0.15, -0.1) is 0 Å². The van der Waals surface area contributed by atoms with E-state index < -0.39 is 17.6 Å². The maximum atomic E-state index is 13.0. The van der Waals surface area contributed by atoms with E-state index in [1.807, 2.05) is 0 Å². The Balaban J connectivity index is 1.86. The minimum absolute atomic E-state index is 0.308. The SMILES string of the molecule is COc1ccc(NC(=O)CC(=O)Nc2cccc(F)c2)cc1. The molecule has 22 heavy (non-hydrogen) atoms. The molecule has 114 valence electrons. The van der Waals surface area contributed by atoms with Crippen LogP contribution in [-0.4, -0.2) is 18.9 Å². The smallest absolute Gasteiger partial charge is 0.233 e. The molecule has 6 heteroatoms. The maximum Gasteiger partial charge on any atom is 0.233 e. The molecule has 2 N–H and O–H groups in total. The fourth-order valence-corrected chi connectivity index (χ4v) is 1.80. The molecular weight excluding hydrogens is 287 g/mol. The molecule has 0 bridgehead atoms. The van der Waals surface area contributed by atoms with E-state index in [9.17, 15) is 14.0 Å². The first kappa shape index (κ1) is 15.5. The number of benzene rings is 2. The van der Waals surface area contributed by atoms with Gasteiger partial charge >= 0.3 is 0 Å². The lowest BCUT2D eigenvalue weighted by Crippen LogP contribution is -2.21. The second kappa shape index (κ2) is 7.21. The van der Waals surface area contributed by atoms with Gasteiger partial charge in [-0.2, -0.15) is 0 Å². The van der Waals surface area contributed by atoms with Gasteiger partial charge in [-0.25, -0.2) is 4.39 Å². The molecule has 0 aliphatic rings. The van der Waals surface area contributed by atoms with E-state index in [1.165, 1.54) is 18.2 Å². The van der Waals surface area contributed by atoms with Gasteiger partial charge in [0.25, 0.3) is 0 Å². The van der Waals surface area contributed by atoms with Gasteiger partial charge in [0, 0.05) is 11.4 Å². The maximum absolute atomic E-state index is 13.0. The molecule has 0 aliphatic heterocycles. The highest BCUT2D eigenvalue weighted by Gasteiger charge is 2.10. The molecule has 5 nitrogen and oxygen atoms in total. The summed E-state index contributed by atoms with van der Waals surface area (Å²) in [5.74, 6) is -0.766. The average molecular weight is 302 g/mol. The van der Waals surface area contributed by atoms with Crippen LogP contribution in [0.25, 0.3) is 0 Å². The summed E-state index contributed by atoms with van der Waals surface area (Å²) in [5, 5.41) is 5.05. The summed E-state index contributed by atoms with van der Waals surface area (Å²) in [6, 6.07) is 12.2. The van der Waals surface area contributed by atoms with Crippen molar-refractivity contribution in [3.63, 3.8) is 0 Å². The number of anilines is 2. The predicted molar refractivity (Wildman–Crippen MR) is 81.3 cm³/mol. The number of amides is 2. The van der Waals surface area contributed by atoms with Crippen LogP contribution in [0.15, 0.2) is 48.5 Å². The van der Waals surface area contributed by atoms with Gasteiger partial charge in [-0.1, -0.05) is 6.07 Å². The van der Waals surface area contributed by atoms with Crippen LogP contribution in [0.1, 0.15) is 6.42 Å². The van der Waals surface area contributed by atoms with Crippen LogP contribution in [0.3, 0.4) is 0 Å². The van der Waals surface area contributed by atoms with Gasteiger partial charge < -0.3 is 15.4 Å². The first-order valence-electron chi connectivity index (χ1n) is 6.56. The van der Waals surface area contributed by atoms with Gasteiger partial charge in [0.15, 0.2) is 0 Å². The van der Waals surface area contributed by atoms with Crippen molar-refractivity contribution in [2.75, 3.05) is 17.7 Å². The number of hydrogen-bond acceptors (Lipinski definition) is 3. The second-order valence-electron chi connectivity index (χ2n) is 4.51. The van der Waals surface area contributed by atoms with Crippen molar-refractivity contribution in [3.8, 4) is 5.75 Å². The molecule has 0 fully saturated rings. The third-order valence-electron chi connectivity index (χ3n) is 2.80. The van der Waals surface area contributed by atoms with Crippen LogP contribution in [0.2, 0.25) is 0 Å². The molecule has 0 saturated carbocycles. The minimum atomic E-state index is -0.517. The standard InChI is InChI=1S/C16H15FN2O3/c1-22-14-7-5-12(6-8-14)18-15(20)10-16(21)19-13-4-2-3-11(17)9-13/h2-9H,10H2,1H3,(H,18,20)(H,19,21). The zero-order chi connectivity index (χ0) is 15.9. The van der Waals surface area contributed by atoms with Crippen LogP contribution in [-0.2, 0) is 9.59 Å². The van der Waals surface area contributed by atoms with Gasteiger partial charge in [0.05, 0.1) is 7.11 Å². The molecule has 2 amide bonds. The summed E-state index contributed by atoms with van der Waals surface area (Å²) in [4.78, 5) is 23.5. The van der Waals surface area contributed by atoms with E-state index in [-0.39, 0.29) is 6.42 Å². The van der Waals surface area contributed by atoms with E-state index in [4.69, 9.17) is 4.74 Å². The largest absolute Gasteiger partial charge is 0.497 e. The molecule has 0 radical (unpaired) electrons. The van der Waals surface area contributed by atoms with E-state index in [0.717, 1.165) is 0 Å². The molecule has 2 rings (SSSR count). The molecule has 0 heterocycles. The molecule has 0 atom stereocenters. The molecule has 2 aromatic carbocycles. The normalized spacial score (nSPS) is 9.91. The summed E-state index contributed by atoms with van der Waals surface area (Å²) in [5.41, 5.74) is 0.867. The first-order valence-corrected chi connectivity index (χ1v) is 6.56. The number of nitrogens with one attached hydrogen (secondary N) is 2. The topological polar surface area (TPSA) is 67.4 Å². The van der Waals surface area contributed by atoms with E-state index in [1.54, 1.807) is 37.4 Å².